The summed E-state index contributed by atoms with van der Waals surface area (Å²) in [6, 6.07) is 7.76. The molecular weight excluding hydrogens is 370 g/mol. The maximum atomic E-state index is 6.02. The van der Waals surface area contributed by atoms with Crippen LogP contribution < -0.4 is 10.5 Å². The van der Waals surface area contributed by atoms with Crippen molar-refractivity contribution in [1.82, 2.24) is 19.6 Å². The monoisotopic (exact) mass is 393 g/mol. The number of fused-ring (bicyclic) bond motifs is 2. The molecule has 4 aromatic rings. The molecule has 0 spiro atoms. The fourth-order valence-corrected chi connectivity index (χ4v) is 3.84. The van der Waals surface area contributed by atoms with E-state index in [0.29, 0.717) is 23.8 Å². The molecule has 0 bridgehead atoms. The van der Waals surface area contributed by atoms with Crippen LogP contribution in [0, 0.1) is 5.41 Å². The molecule has 4 aromatic heterocycles. The minimum atomic E-state index is 0.158. The normalized spacial score (nSPS) is 15.7. The van der Waals surface area contributed by atoms with E-state index < -0.39 is 0 Å². The second-order valence-electron chi connectivity index (χ2n) is 7.63. The Morgan fingerprint density at radius 1 is 1.24 bits per heavy atom. The van der Waals surface area contributed by atoms with E-state index in [1.54, 1.807) is 19.5 Å². The third-order valence-corrected chi connectivity index (χ3v) is 5.66. The molecule has 0 radical (unpaired) electrons. The maximum absolute atomic E-state index is 6.02. The van der Waals surface area contributed by atoms with Gasteiger partial charge in [0.15, 0.2) is 11.4 Å². The summed E-state index contributed by atoms with van der Waals surface area (Å²) >= 11 is 0. The number of methoxy groups -OCH3 is 1. The first-order valence-corrected chi connectivity index (χ1v) is 9.76. The minimum Gasteiger partial charge on any atom is -0.480 e. The highest BCUT2D eigenvalue weighted by Crippen LogP contribution is 2.33. The predicted molar refractivity (Wildman–Crippen MR) is 108 cm³/mol. The van der Waals surface area contributed by atoms with Gasteiger partial charge in [0.2, 0.25) is 5.88 Å². The maximum Gasteiger partial charge on any atom is 0.224 e. The summed E-state index contributed by atoms with van der Waals surface area (Å²) in [6.07, 6.45) is 6.40. The van der Waals surface area contributed by atoms with Crippen LogP contribution in [0.1, 0.15) is 18.5 Å². The topological polar surface area (TPSA) is 101 Å². The highest BCUT2D eigenvalue weighted by atomic mass is 16.5. The van der Waals surface area contributed by atoms with E-state index in [-0.39, 0.29) is 5.41 Å². The van der Waals surface area contributed by atoms with Gasteiger partial charge in [-0.1, -0.05) is 0 Å². The summed E-state index contributed by atoms with van der Waals surface area (Å²) in [5.41, 5.74) is 9.38. The molecule has 0 aliphatic carbocycles. The Labute approximate surface area is 167 Å². The van der Waals surface area contributed by atoms with E-state index >= 15 is 0 Å². The van der Waals surface area contributed by atoms with Crippen molar-refractivity contribution in [2.24, 2.45) is 11.1 Å². The zero-order chi connectivity index (χ0) is 19.8. The molecule has 5 heterocycles. The quantitative estimate of drug-likeness (QED) is 0.515. The van der Waals surface area contributed by atoms with Crippen LogP contribution in [0.2, 0.25) is 0 Å². The van der Waals surface area contributed by atoms with Crippen molar-refractivity contribution in [1.29, 1.82) is 0 Å². The Balaban J connectivity index is 1.42. The van der Waals surface area contributed by atoms with Gasteiger partial charge in [-0.25, -0.2) is 14.5 Å². The largest absolute Gasteiger partial charge is 0.480 e. The Bertz CT molecular complexity index is 1160. The Hall–Kier alpha value is -2.97. The standard InChI is InChI=1S/C21H23N5O3/c1-27-20-15-9-18(29-17(15)6-8-23-20)16-10-24-19-5-4-14(25-26(16)19)3-2-7-21(11-22)12-28-13-21/h4-6,8-10H,2-3,7,11-13,22H2,1H3. The molecule has 150 valence electrons. The molecular formula is C21H23N5O3. The number of aryl methyl sites for hydroxylation is 1. The minimum absolute atomic E-state index is 0.158. The molecule has 1 aliphatic heterocycles. The van der Waals surface area contributed by atoms with Gasteiger partial charge in [0.25, 0.3) is 0 Å². The number of hydrogen-bond donors (Lipinski definition) is 1. The van der Waals surface area contributed by atoms with Gasteiger partial charge in [-0.2, -0.15) is 5.10 Å². The smallest absolute Gasteiger partial charge is 0.224 e. The van der Waals surface area contributed by atoms with E-state index in [0.717, 1.165) is 54.9 Å². The first-order chi connectivity index (χ1) is 14.2. The first kappa shape index (κ1) is 18.1. The van der Waals surface area contributed by atoms with Gasteiger partial charge in [0.05, 0.1) is 37.6 Å². The summed E-state index contributed by atoms with van der Waals surface area (Å²) in [7, 11) is 1.60. The molecule has 1 fully saturated rings. The number of nitrogens with zero attached hydrogens (tertiary/aromatic N) is 4. The second-order valence-corrected chi connectivity index (χ2v) is 7.63. The van der Waals surface area contributed by atoms with Crippen LogP contribution in [0.3, 0.4) is 0 Å². The lowest BCUT2D eigenvalue weighted by Crippen LogP contribution is -2.48. The fraction of sp³-hybridized carbons (Fsp3) is 0.381. The summed E-state index contributed by atoms with van der Waals surface area (Å²) < 4.78 is 18.5. The first-order valence-electron chi connectivity index (χ1n) is 9.76. The third-order valence-electron chi connectivity index (χ3n) is 5.66. The van der Waals surface area contributed by atoms with Crippen LogP contribution >= 0.6 is 0 Å². The van der Waals surface area contributed by atoms with Gasteiger partial charge < -0.3 is 19.6 Å². The van der Waals surface area contributed by atoms with E-state index in [9.17, 15) is 0 Å². The van der Waals surface area contributed by atoms with Gasteiger partial charge in [0.1, 0.15) is 11.3 Å². The molecule has 1 aliphatic rings. The zero-order valence-corrected chi connectivity index (χ0v) is 16.3. The van der Waals surface area contributed by atoms with Crippen LogP contribution in [0.5, 0.6) is 5.88 Å². The number of pyridine rings is 1. The van der Waals surface area contributed by atoms with E-state index in [4.69, 9.17) is 24.7 Å². The number of nitrogens with two attached hydrogens (primary N) is 1. The van der Waals surface area contributed by atoms with Gasteiger partial charge in [-0.3, -0.25) is 0 Å². The van der Waals surface area contributed by atoms with Crippen LogP contribution in [0.4, 0.5) is 0 Å². The Morgan fingerprint density at radius 2 is 2.14 bits per heavy atom. The number of hydrogen-bond acceptors (Lipinski definition) is 7. The Kier molecular flexibility index (Phi) is 4.44. The number of imidazole rings is 1. The van der Waals surface area contributed by atoms with Crippen molar-refractivity contribution < 1.29 is 13.9 Å². The molecule has 8 nitrogen and oxygen atoms in total. The van der Waals surface area contributed by atoms with Crippen molar-refractivity contribution in [3.05, 3.63) is 42.4 Å². The average molecular weight is 393 g/mol. The molecule has 29 heavy (non-hydrogen) atoms. The Morgan fingerprint density at radius 3 is 2.90 bits per heavy atom. The van der Waals surface area contributed by atoms with E-state index in [1.807, 2.05) is 28.8 Å². The summed E-state index contributed by atoms with van der Waals surface area (Å²) in [4.78, 5) is 8.70. The van der Waals surface area contributed by atoms with Gasteiger partial charge in [-0.05, 0) is 37.5 Å². The van der Waals surface area contributed by atoms with Crippen LogP contribution in [0.15, 0.2) is 41.1 Å². The van der Waals surface area contributed by atoms with Crippen molar-refractivity contribution in [2.75, 3.05) is 26.9 Å². The SMILES string of the molecule is COc1nccc2oc(-c3cnc4ccc(CCCC5(CN)COC5)nn34)cc12. The molecule has 0 atom stereocenters. The molecule has 0 aromatic carbocycles. The zero-order valence-electron chi connectivity index (χ0n) is 16.3. The molecule has 5 rings (SSSR count). The lowest BCUT2D eigenvalue weighted by atomic mass is 9.81. The molecule has 8 heteroatoms. The van der Waals surface area contributed by atoms with Gasteiger partial charge >= 0.3 is 0 Å². The average Bonchev–Trinajstić information content (AvgIpc) is 3.33. The van der Waals surface area contributed by atoms with Crippen molar-refractivity contribution >= 4 is 16.6 Å². The number of furan rings is 1. The van der Waals surface area contributed by atoms with E-state index in [2.05, 4.69) is 9.97 Å². The lowest BCUT2D eigenvalue weighted by Gasteiger charge is -2.40. The van der Waals surface area contributed by atoms with Crippen molar-refractivity contribution in [3.63, 3.8) is 0 Å². The number of rotatable bonds is 7. The summed E-state index contributed by atoms with van der Waals surface area (Å²) in [5.74, 6) is 1.21. The fourth-order valence-electron chi connectivity index (χ4n) is 3.84. The van der Waals surface area contributed by atoms with Gasteiger partial charge in [-0.15, -0.1) is 0 Å². The predicted octanol–water partition coefficient (Wildman–Crippen LogP) is 2.84. The number of aromatic nitrogens is 4. The second kappa shape index (κ2) is 7.13. The number of ether oxygens (including phenoxy) is 2. The molecule has 2 N–H and O–H groups in total. The molecule has 0 amide bonds. The summed E-state index contributed by atoms with van der Waals surface area (Å²) in [6.45, 7) is 2.22. The van der Waals surface area contributed by atoms with Crippen molar-refractivity contribution in [2.45, 2.75) is 19.3 Å². The van der Waals surface area contributed by atoms with Crippen LogP contribution in [-0.4, -0.2) is 46.5 Å². The van der Waals surface area contributed by atoms with Crippen LogP contribution in [-0.2, 0) is 11.2 Å². The highest BCUT2D eigenvalue weighted by Gasteiger charge is 2.36. The molecule has 0 saturated carbocycles. The lowest BCUT2D eigenvalue weighted by molar-refractivity contribution is -0.112. The van der Waals surface area contributed by atoms with E-state index in [1.165, 1.54) is 0 Å². The van der Waals surface area contributed by atoms with Crippen molar-refractivity contribution in [3.8, 4) is 17.3 Å². The molecule has 1 saturated heterocycles. The van der Waals surface area contributed by atoms with Crippen LogP contribution in [0.25, 0.3) is 28.1 Å². The third kappa shape index (κ3) is 3.14. The summed E-state index contributed by atoms with van der Waals surface area (Å²) in [5, 5.41) is 5.62. The highest BCUT2D eigenvalue weighted by molar-refractivity contribution is 5.86. The van der Waals surface area contributed by atoms with Gasteiger partial charge in [0, 0.05) is 24.2 Å². The molecule has 0 unspecified atom stereocenters.